The predicted molar refractivity (Wildman–Crippen MR) is 70.8 cm³/mol. The van der Waals surface area contributed by atoms with Gasteiger partial charge in [-0.3, -0.25) is 9.59 Å². The third-order valence-electron chi connectivity index (χ3n) is 2.45. The molecule has 5 heteroatoms. The van der Waals surface area contributed by atoms with Crippen LogP contribution in [-0.4, -0.2) is 26.2 Å². The Hall–Kier alpha value is -1.84. The van der Waals surface area contributed by atoms with Gasteiger partial charge in [0.05, 0.1) is 14.2 Å². The zero-order chi connectivity index (χ0) is 14.1. The summed E-state index contributed by atoms with van der Waals surface area (Å²) in [6.45, 7) is 0. The zero-order valence-electron chi connectivity index (χ0n) is 11.3. The van der Waals surface area contributed by atoms with Crippen molar-refractivity contribution in [1.82, 2.24) is 0 Å². The SMILES string of the molecule is COC(=O)C(C(=O)OC)[c-]1cccc1.[Fe].[cH-]1[cH-][cH-][cH-][cH-]1. The van der Waals surface area contributed by atoms with Gasteiger partial charge in [0.2, 0.25) is 0 Å². The maximum absolute atomic E-state index is 11.3. The molecule has 0 amide bonds. The first-order valence-corrected chi connectivity index (χ1v) is 5.74. The molecule has 2 rings (SSSR count). The second-order valence-corrected chi connectivity index (χ2v) is 3.66. The normalized spacial score (nSPS) is 8.95. The van der Waals surface area contributed by atoms with E-state index >= 15 is 0 Å². The number of hydrogen-bond acceptors (Lipinski definition) is 4. The molecule has 0 bridgehead atoms. The monoisotopic (exact) mass is 316 g/mol. The van der Waals surface area contributed by atoms with E-state index in [1.165, 1.54) is 14.2 Å². The van der Waals surface area contributed by atoms with Crippen molar-refractivity contribution in [3.8, 4) is 0 Å². The minimum atomic E-state index is -0.972. The molecule has 0 aromatic heterocycles. The van der Waals surface area contributed by atoms with Gasteiger partial charge < -0.3 is 39.8 Å². The van der Waals surface area contributed by atoms with Crippen molar-refractivity contribution in [3.05, 3.63) is 60.2 Å². The largest absolute Gasteiger partial charge is 0.748 e. The minimum Gasteiger partial charge on any atom is -0.748 e. The number of esters is 2. The molecule has 0 N–H and O–H groups in total. The molecule has 0 aliphatic carbocycles. The topological polar surface area (TPSA) is 52.6 Å². The third kappa shape index (κ3) is 5.43. The Labute approximate surface area is 128 Å². The van der Waals surface area contributed by atoms with Crippen molar-refractivity contribution >= 4 is 11.9 Å². The van der Waals surface area contributed by atoms with Gasteiger partial charge in [-0.1, -0.05) is 0 Å². The maximum atomic E-state index is 11.3. The fourth-order valence-electron chi connectivity index (χ4n) is 1.51. The van der Waals surface area contributed by atoms with Gasteiger partial charge in [0.1, 0.15) is 5.92 Å². The standard InChI is InChI=1S/C10H11O4.C5H5.Fe/c1-13-9(11)8(10(12)14-2)7-5-3-4-6-7;1-2-4-5-3-1;/h3-6,8H,1-2H3;1-5H;/q-1;-5;. The van der Waals surface area contributed by atoms with E-state index in [1.54, 1.807) is 24.3 Å². The van der Waals surface area contributed by atoms with E-state index < -0.39 is 17.9 Å². The number of rotatable bonds is 3. The van der Waals surface area contributed by atoms with Gasteiger partial charge in [-0.15, -0.1) is 5.56 Å². The predicted octanol–water partition coefficient (Wildman–Crippen LogP) is 2.24. The summed E-state index contributed by atoms with van der Waals surface area (Å²) in [5.74, 6) is -2.19. The van der Waals surface area contributed by atoms with Crippen LogP contribution < -0.4 is 0 Å². The van der Waals surface area contributed by atoms with Gasteiger partial charge in [-0.05, 0) is 0 Å². The van der Waals surface area contributed by atoms with E-state index in [4.69, 9.17) is 0 Å². The van der Waals surface area contributed by atoms with Crippen LogP contribution in [0.5, 0.6) is 0 Å². The van der Waals surface area contributed by atoms with Crippen molar-refractivity contribution in [3.63, 3.8) is 0 Å². The summed E-state index contributed by atoms with van der Waals surface area (Å²) in [5.41, 5.74) is 0.587. The summed E-state index contributed by atoms with van der Waals surface area (Å²) < 4.78 is 9.04. The van der Waals surface area contributed by atoms with Crippen molar-refractivity contribution in [2.75, 3.05) is 14.2 Å². The first kappa shape index (κ1) is 18.2. The van der Waals surface area contributed by atoms with Crippen molar-refractivity contribution in [2.24, 2.45) is 0 Å². The van der Waals surface area contributed by atoms with E-state index in [9.17, 15) is 9.59 Å². The molecular weight excluding hydrogens is 300 g/mol. The van der Waals surface area contributed by atoms with Gasteiger partial charge in [0, 0.05) is 17.1 Å². The molecule has 114 valence electrons. The molecule has 0 saturated heterocycles. The van der Waals surface area contributed by atoms with E-state index in [0.29, 0.717) is 5.56 Å². The average molecular weight is 316 g/mol. The fourth-order valence-corrected chi connectivity index (χ4v) is 1.51. The summed E-state index contributed by atoms with van der Waals surface area (Å²) in [6.07, 6.45) is 0. The Balaban J connectivity index is 0.000000507. The average Bonchev–Trinajstić information content (AvgIpc) is 3.13. The minimum absolute atomic E-state index is 0. The second kappa shape index (κ2) is 10.0. The molecule has 0 aliphatic rings. The molecule has 2 aromatic carbocycles. The molecule has 0 heterocycles. The van der Waals surface area contributed by atoms with E-state index in [0.717, 1.165) is 0 Å². The van der Waals surface area contributed by atoms with Crippen LogP contribution in [0.2, 0.25) is 0 Å². The van der Waals surface area contributed by atoms with Gasteiger partial charge in [0.25, 0.3) is 0 Å². The summed E-state index contributed by atoms with van der Waals surface area (Å²) >= 11 is 0. The van der Waals surface area contributed by atoms with E-state index in [-0.39, 0.29) is 17.1 Å². The molecule has 2 aromatic rings. The van der Waals surface area contributed by atoms with Crippen LogP contribution in [0.1, 0.15) is 11.5 Å². The smallest absolute Gasteiger partial charge is 0.312 e. The molecule has 0 fully saturated rings. The van der Waals surface area contributed by atoms with Crippen LogP contribution in [0, 0.1) is 0 Å². The third-order valence-corrected chi connectivity index (χ3v) is 2.45. The first-order chi connectivity index (χ1) is 9.20. The Morgan fingerprint density at radius 3 is 1.55 bits per heavy atom. The molecular formula is C15H16FeO4-6. The summed E-state index contributed by atoms with van der Waals surface area (Å²) in [6, 6.07) is 16.8. The molecule has 0 unspecified atom stereocenters. The molecule has 20 heavy (non-hydrogen) atoms. The van der Waals surface area contributed by atoms with Crippen LogP contribution in [0.3, 0.4) is 0 Å². The molecule has 0 radical (unpaired) electrons. The maximum Gasteiger partial charge on any atom is 0.312 e. The quantitative estimate of drug-likeness (QED) is 0.377. The van der Waals surface area contributed by atoms with E-state index in [2.05, 4.69) is 9.47 Å². The van der Waals surface area contributed by atoms with Crippen molar-refractivity contribution < 1.29 is 36.1 Å². The number of hydrogen-bond donors (Lipinski definition) is 0. The Morgan fingerprint density at radius 2 is 1.25 bits per heavy atom. The van der Waals surface area contributed by atoms with Crippen molar-refractivity contribution in [1.29, 1.82) is 0 Å². The molecule has 0 spiro atoms. The Morgan fingerprint density at radius 1 is 0.900 bits per heavy atom. The van der Waals surface area contributed by atoms with Gasteiger partial charge in [-0.25, -0.2) is 12.1 Å². The number of ether oxygens (including phenoxy) is 2. The summed E-state index contributed by atoms with van der Waals surface area (Å²) in [7, 11) is 2.47. The van der Waals surface area contributed by atoms with Gasteiger partial charge in [-0.2, -0.15) is 12.1 Å². The van der Waals surface area contributed by atoms with Crippen molar-refractivity contribution in [2.45, 2.75) is 5.92 Å². The second-order valence-electron chi connectivity index (χ2n) is 3.66. The van der Waals surface area contributed by atoms with Crippen LogP contribution in [-0.2, 0) is 36.1 Å². The van der Waals surface area contributed by atoms with Gasteiger partial charge >= 0.3 is 11.9 Å². The van der Waals surface area contributed by atoms with Crippen LogP contribution in [0.4, 0.5) is 0 Å². The molecule has 0 saturated carbocycles. The van der Waals surface area contributed by atoms with Crippen LogP contribution >= 0.6 is 0 Å². The van der Waals surface area contributed by atoms with Gasteiger partial charge in [0.15, 0.2) is 0 Å². The number of methoxy groups -OCH3 is 2. The zero-order valence-corrected chi connectivity index (χ0v) is 12.4. The fraction of sp³-hybridized carbons (Fsp3) is 0.200. The van der Waals surface area contributed by atoms with E-state index in [1.807, 2.05) is 30.3 Å². The summed E-state index contributed by atoms with van der Waals surface area (Å²) in [5, 5.41) is 0. The Bertz CT molecular complexity index is 441. The molecule has 4 nitrogen and oxygen atoms in total. The molecule has 0 atom stereocenters. The number of carbonyl (C=O) groups excluding carboxylic acids is 2. The molecule has 0 aliphatic heterocycles. The first-order valence-electron chi connectivity index (χ1n) is 5.74. The summed E-state index contributed by atoms with van der Waals surface area (Å²) in [4.78, 5) is 22.6. The van der Waals surface area contributed by atoms with Crippen LogP contribution in [0.15, 0.2) is 54.6 Å². The number of carbonyl (C=O) groups is 2. The Kier molecular flexibility index (Phi) is 9.09. The van der Waals surface area contributed by atoms with Crippen LogP contribution in [0.25, 0.3) is 0 Å².